The number of rotatable bonds is 12. The lowest BCUT2D eigenvalue weighted by atomic mass is 9.66. The van der Waals surface area contributed by atoms with E-state index in [9.17, 15) is 23.1 Å². The second-order valence-electron chi connectivity index (χ2n) is 11.3. The molecule has 42 heavy (non-hydrogen) atoms. The molecule has 0 radical (unpaired) electrons. The van der Waals surface area contributed by atoms with Gasteiger partial charge in [0.25, 0.3) is 7.92 Å². The van der Waals surface area contributed by atoms with Crippen molar-refractivity contribution in [2.45, 2.75) is 171 Å². The lowest BCUT2D eigenvalue weighted by Gasteiger charge is -2.50. The SMILES string of the molecule is C.C.C.C.C.C.C.C.COC(C)(C)C(C)(C)C(C)(C)OC(=O)CC(=O)OC(C)(C)C(C)(C)C(C)(C)OC(=O)P(F)P=O. The van der Waals surface area contributed by atoms with Crippen LogP contribution in [0.25, 0.3) is 0 Å². The van der Waals surface area contributed by atoms with Crippen LogP contribution in [0, 0.1) is 10.8 Å². The Kier molecular flexibility index (Phi) is 32.8. The Morgan fingerprint density at radius 3 is 1.10 bits per heavy atom. The quantitative estimate of drug-likeness (QED) is 0.0885. The highest BCUT2D eigenvalue weighted by Gasteiger charge is 2.54. The number of hydrogen-bond acceptors (Lipinski definition) is 8. The summed E-state index contributed by atoms with van der Waals surface area (Å²) in [5.74, 6) is -1.58. The number of esters is 2. The van der Waals surface area contributed by atoms with Gasteiger partial charge in [-0.2, -0.15) is 0 Å². The van der Waals surface area contributed by atoms with Crippen molar-refractivity contribution in [3.8, 4) is 0 Å². The van der Waals surface area contributed by atoms with Crippen molar-refractivity contribution in [2.24, 2.45) is 10.8 Å². The van der Waals surface area contributed by atoms with Crippen LogP contribution < -0.4 is 0 Å². The molecular formula is C31H73FO8P2. The third-order valence-corrected chi connectivity index (χ3v) is 9.58. The summed E-state index contributed by atoms with van der Waals surface area (Å²) in [6.07, 6.45) is -0.627. The zero-order valence-corrected chi connectivity index (χ0v) is 24.5. The predicted octanol–water partition coefficient (Wildman–Crippen LogP) is 12.1. The minimum absolute atomic E-state index is 0. The van der Waals surface area contributed by atoms with E-state index in [0.717, 1.165) is 0 Å². The van der Waals surface area contributed by atoms with E-state index >= 15 is 0 Å². The van der Waals surface area contributed by atoms with Gasteiger partial charge < -0.3 is 18.9 Å². The summed E-state index contributed by atoms with van der Waals surface area (Å²) in [5, 5.41) is 0. The molecule has 0 aliphatic carbocycles. The van der Waals surface area contributed by atoms with E-state index in [4.69, 9.17) is 18.9 Å². The molecule has 0 amide bonds. The molecule has 0 aromatic heterocycles. The largest absolute Gasteiger partial charge is 0.459 e. The Balaban J connectivity index is -0.000000194. The van der Waals surface area contributed by atoms with Crippen molar-refractivity contribution in [3.05, 3.63) is 0 Å². The summed E-state index contributed by atoms with van der Waals surface area (Å²) in [5.41, 5.74) is -7.01. The highest BCUT2D eigenvalue weighted by atomic mass is 32.1. The first kappa shape index (κ1) is 63.9. The first-order chi connectivity index (χ1) is 14.9. The Bertz CT molecular complexity index is 792. The molecule has 0 aromatic rings. The summed E-state index contributed by atoms with van der Waals surface area (Å²) >= 11 is 0. The fraction of sp³-hybridized carbons (Fsp3) is 0.903. The van der Waals surface area contributed by atoms with E-state index in [1.807, 2.05) is 27.7 Å². The molecule has 0 aliphatic rings. The summed E-state index contributed by atoms with van der Waals surface area (Å²) in [6, 6.07) is 0. The first-order valence-electron chi connectivity index (χ1n) is 10.9. The van der Waals surface area contributed by atoms with Crippen LogP contribution >= 0.6 is 16.1 Å². The van der Waals surface area contributed by atoms with E-state index in [2.05, 4.69) is 0 Å². The fourth-order valence-corrected chi connectivity index (χ4v) is 3.83. The van der Waals surface area contributed by atoms with E-state index in [1.54, 1.807) is 62.5 Å². The molecule has 11 heteroatoms. The van der Waals surface area contributed by atoms with Crippen LogP contribution in [0.1, 0.15) is 149 Å². The van der Waals surface area contributed by atoms with Crippen LogP contribution in [0.3, 0.4) is 0 Å². The van der Waals surface area contributed by atoms with Crippen LogP contribution in [0.5, 0.6) is 0 Å². The van der Waals surface area contributed by atoms with E-state index < -0.39 is 73.4 Å². The molecule has 0 aliphatic heterocycles. The Hall–Kier alpha value is -1.17. The molecule has 0 saturated carbocycles. The van der Waals surface area contributed by atoms with Crippen LogP contribution in [0.2, 0.25) is 0 Å². The number of halogens is 1. The molecule has 262 valence electrons. The van der Waals surface area contributed by atoms with Crippen LogP contribution in [-0.4, -0.2) is 47.2 Å². The van der Waals surface area contributed by atoms with Gasteiger partial charge in [-0.1, -0.05) is 87.1 Å². The van der Waals surface area contributed by atoms with Crippen molar-refractivity contribution < 1.29 is 42.1 Å². The molecule has 0 N–H and O–H groups in total. The molecule has 8 nitrogen and oxygen atoms in total. The third-order valence-electron chi connectivity index (χ3n) is 8.12. The van der Waals surface area contributed by atoms with Gasteiger partial charge in [0.05, 0.1) is 5.60 Å². The zero-order chi connectivity index (χ0) is 27.6. The van der Waals surface area contributed by atoms with E-state index in [1.165, 1.54) is 0 Å². The van der Waals surface area contributed by atoms with Crippen molar-refractivity contribution >= 4 is 33.7 Å². The van der Waals surface area contributed by atoms with Crippen molar-refractivity contribution in [1.82, 2.24) is 0 Å². The van der Waals surface area contributed by atoms with Gasteiger partial charge in [0, 0.05) is 17.9 Å². The average Bonchev–Trinajstić information content (AvgIpc) is 2.64. The fourth-order valence-electron chi connectivity index (χ4n) is 3.14. The Labute approximate surface area is 264 Å². The summed E-state index contributed by atoms with van der Waals surface area (Å²) < 4.78 is 46.3. The van der Waals surface area contributed by atoms with Gasteiger partial charge >= 0.3 is 17.6 Å². The number of carbonyl (C=O) groups excluding carboxylic acids is 3. The summed E-state index contributed by atoms with van der Waals surface area (Å²) in [4.78, 5) is 37.2. The molecule has 0 spiro atoms. The lowest BCUT2D eigenvalue weighted by molar-refractivity contribution is -0.203. The average molecular weight is 655 g/mol. The topological polar surface area (TPSA) is 105 Å². The Morgan fingerprint density at radius 2 is 0.833 bits per heavy atom. The van der Waals surface area contributed by atoms with Gasteiger partial charge in [0.1, 0.15) is 23.2 Å². The molecular weight excluding hydrogens is 581 g/mol. The minimum Gasteiger partial charge on any atom is -0.459 e. The van der Waals surface area contributed by atoms with Gasteiger partial charge in [-0.25, -0.2) is 8.99 Å². The van der Waals surface area contributed by atoms with Crippen LogP contribution in [-0.2, 0) is 33.1 Å². The standard InChI is InChI=1S/C23H41FO8P2.8CH4/c1-18(2,20(5,6)29-13)21(7,8)30-15(25)14-16(26)31-22(9,10)19(3,4)23(11,12)32-17(27)34(24)33-28;;;;;;;;/h14H2,1-13H3;8*1H4. The van der Waals surface area contributed by atoms with E-state index in [-0.39, 0.29) is 59.4 Å². The van der Waals surface area contributed by atoms with Crippen LogP contribution in [0.15, 0.2) is 0 Å². The van der Waals surface area contributed by atoms with Gasteiger partial charge in [0.2, 0.25) is 8.15 Å². The summed E-state index contributed by atoms with van der Waals surface area (Å²) in [7, 11) is -2.33. The normalized spacial score (nSPS) is 12.1. The van der Waals surface area contributed by atoms with E-state index in [0.29, 0.717) is 0 Å². The number of methoxy groups -OCH3 is 1. The maximum Gasteiger partial charge on any atom is 0.372 e. The number of hydrogen-bond donors (Lipinski definition) is 0. The maximum absolute atomic E-state index is 13.5. The smallest absolute Gasteiger partial charge is 0.372 e. The lowest BCUT2D eigenvalue weighted by Crippen LogP contribution is -2.57. The second-order valence-corrected chi connectivity index (χ2v) is 13.9. The summed E-state index contributed by atoms with van der Waals surface area (Å²) in [6.45, 7) is 20.7. The highest BCUT2D eigenvalue weighted by Crippen LogP contribution is 2.54. The molecule has 1 atom stereocenters. The number of ether oxygens (including phenoxy) is 4. The predicted molar refractivity (Wildman–Crippen MR) is 184 cm³/mol. The number of carbonyl (C=O) groups is 3. The molecule has 0 fully saturated rings. The Morgan fingerprint density at radius 1 is 0.571 bits per heavy atom. The van der Waals surface area contributed by atoms with Gasteiger partial charge in [-0.15, -0.1) is 0 Å². The molecule has 0 saturated heterocycles. The minimum atomic E-state index is -2.97. The second kappa shape index (κ2) is 21.5. The van der Waals surface area contributed by atoms with Crippen molar-refractivity contribution in [2.75, 3.05) is 7.11 Å². The first-order valence-corrected chi connectivity index (χ1v) is 13.7. The van der Waals surface area contributed by atoms with Gasteiger partial charge in [-0.3, -0.25) is 14.2 Å². The molecule has 0 heterocycles. The maximum atomic E-state index is 13.5. The molecule has 0 aromatic carbocycles. The molecule has 0 bridgehead atoms. The van der Waals surface area contributed by atoms with Crippen LogP contribution in [0.4, 0.5) is 8.99 Å². The van der Waals surface area contributed by atoms with Crippen molar-refractivity contribution in [3.63, 3.8) is 0 Å². The third kappa shape index (κ3) is 14.1. The van der Waals surface area contributed by atoms with Gasteiger partial charge in [0.15, 0.2) is 0 Å². The van der Waals surface area contributed by atoms with Crippen molar-refractivity contribution in [1.29, 1.82) is 0 Å². The zero-order valence-electron chi connectivity index (χ0n) is 22.7. The van der Waals surface area contributed by atoms with Gasteiger partial charge in [-0.05, 0) is 55.4 Å². The molecule has 0 rings (SSSR count). The molecule has 1 unspecified atom stereocenters. The monoisotopic (exact) mass is 654 g/mol. The highest BCUT2D eigenvalue weighted by molar-refractivity contribution is 8.21.